The number of ether oxygens (including phenoxy) is 1. The fourth-order valence-corrected chi connectivity index (χ4v) is 2.05. The molecule has 1 unspecified atom stereocenters. The highest BCUT2D eigenvalue weighted by molar-refractivity contribution is 5.75. The van der Waals surface area contributed by atoms with Crippen molar-refractivity contribution in [3.63, 3.8) is 0 Å². The average Bonchev–Trinajstić information content (AvgIpc) is 3.03. The first-order valence-corrected chi connectivity index (χ1v) is 6.45. The van der Waals surface area contributed by atoms with E-state index in [0.29, 0.717) is 12.5 Å². The number of rotatable bonds is 4. The summed E-state index contributed by atoms with van der Waals surface area (Å²) in [7, 11) is 1.85. The van der Waals surface area contributed by atoms with Crippen LogP contribution < -0.4 is 0 Å². The Hall–Kier alpha value is -1.89. The molecule has 0 radical (unpaired) electrons. The molecule has 112 valence electrons. The van der Waals surface area contributed by atoms with Crippen molar-refractivity contribution in [3.05, 3.63) is 18.2 Å². The third-order valence-corrected chi connectivity index (χ3v) is 3.21. The molecule has 1 saturated heterocycles. The summed E-state index contributed by atoms with van der Waals surface area (Å²) in [5.74, 6) is 1.49. The monoisotopic (exact) mass is 283 g/mol. The number of amides is 1. The van der Waals surface area contributed by atoms with Crippen LogP contribution in [0.2, 0.25) is 0 Å². The Morgan fingerprint density at radius 2 is 2.40 bits per heavy atom. The molecule has 1 aromatic heterocycles. The number of aromatic nitrogens is 2. The van der Waals surface area contributed by atoms with Gasteiger partial charge in [-0.15, -0.1) is 0 Å². The van der Waals surface area contributed by atoms with Crippen molar-refractivity contribution < 1.29 is 19.4 Å². The molecule has 1 aromatic rings. The van der Waals surface area contributed by atoms with Gasteiger partial charge in [0.25, 0.3) is 6.47 Å². The van der Waals surface area contributed by atoms with Gasteiger partial charge in [0.05, 0.1) is 6.61 Å². The van der Waals surface area contributed by atoms with Gasteiger partial charge in [-0.2, -0.15) is 0 Å². The molecule has 0 bridgehead atoms. The molecular weight excluding hydrogens is 262 g/mol. The normalized spacial score (nSPS) is 17.2. The number of likely N-dealkylation sites (N-methyl/N-ethyl adjacent to an activating group) is 1. The van der Waals surface area contributed by atoms with Crippen LogP contribution in [0.1, 0.15) is 12.2 Å². The van der Waals surface area contributed by atoms with Crippen LogP contribution in [-0.2, 0) is 20.9 Å². The highest BCUT2D eigenvalue weighted by Gasteiger charge is 2.20. The molecule has 1 atom stereocenters. The number of imidazole rings is 1. The van der Waals surface area contributed by atoms with Crippen LogP contribution >= 0.6 is 0 Å². The van der Waals surface area contributed by atoms with Crippen molar-refractivity contribution in [1.29, 1.82) is 0 Å². The maximum absolute atomic E-state index is 12.0. The SMILES string of the molecule is Cc1nccn1CC(=O)N(C)CC1CCOC1.O=CO. The highest BCUT2D eigenvalue weighted by Crippen LogP contribution is 2.13. The number of hydrogen-bond acceptors (Lipinski definition) is 4. The smallest absolute Gasteiger partial charge is 0.290 e. The predicted molar refractivity (Wildman–Crippen MR) is 72.2 cm³/mol. The van der Waals surface area contributed by atoms with Crippen LogP contribution in [0.4, 0.5) is 0 Å². The van der Waals surface area contributed by atoms with E-state index in [9.17, 15) is 4.79 Å². The number of nitrogens with zero attached hydrogens (tertiary/aromatic N) is 3. The Morgan fingerprint density at radius 3 is 2.90 bits per heavy atom. The average molecular weight is 283 g/mol. The third kappa shape index (κ3) is 5.00. The molecule has 2 rings (SSSR count). The molecule has 7 heteroatoms. The van der Waals surface area contributed by atoms with Crippen molar-refractivity contribution >= 4 is 12.4 Å². The first-order valence-electron chi connectivity index (χ1n) is 6.45. The van der Waals surface area contributed by atoms with Crippen molar-refractivity contribution in [1.82, 2.24) is 14.5 Å². The van der Waals surface area contributed by atoms with Gasteiger partial charge >= 0.3 is 0 Å². The van der Waals surface area contributed by atoms with Crippen molar-refractivity contribution in [2.75, 3.05) is 26.8 Å². The van der Waals surface area contributed by atoms with E-state index in [1.165, 1.54) is 0 Å². The van der Waals surface area contributed by atoms with Gasteiger partial charge in [0.15, 0.2) is 0 Å². The zero-order valence-electron chi connectivity index (χ0n) is 11.9. The summed E-state index contributed by atoms with van der Waals surface area (Å²) < 4.78 is 7.17. The Labute approximate surface area is 118 Å². The molecule has 1 N–H and O–H groups in total. The number of hydrogen-bond donors (Lipinski definition) is 1. The lowest BCUT2D eigenvalue weighted by molar-refractivity contribution is -0.131. The summed E-state index contributed by atoms with van der Waals surface area (Å²) in [4.78, 5) is 26.2. The van der Waals surface area contributed by atoms with Gasteiger partial charge in [-0.1, -0.05) is 0 Å². The van der Waals surface area contributed by atoms with E-state index in [-0.39, 0.29) is 12.4 Å². The van der Waals surface area contributed by atoms with Crippen molar-refractivity contribution in [3.8, 4) is 0 Å². The van der Waals surface area contributed by atoms with Crippen LogP contribution in [0.15, 0.2) is 12.4 Å². The Morgan fingerprint density at radius 1 is 1.70 bits per heavy atom. The molecule has 1 fully saturated rings. The topological polar surface area (TPSA) is 84.7 Å². The summed E-state index contributed by atoms with van der Waals surface area (Å²) in [6.45, 7) is 4.41. The van der Waals surface area contributed by atoms with E-state index < -0.39 is 0 Å². The van der Waals surface area contributed by atoms with E-state index in [2.05, 4.69) is 4.98 Å². The zero-order valence-corrected chi connectivity index (χ0v) is 11.9. The molecule has 0 saturated carbocycles. The molecular formula is C13H21N3O4. The minimum Gasteiger partial charge on any atom is -0.483 e. The van der Waals surface area contributed by atoms with Crippen LogP contribution in [0.3, 0.4) is 0 Å². The molecule has 7 nitrogen and oxygen atoms in total. The quantitative estimate of drug-likeness (QED) is 0.808. The number of carboxylic acid groups (broad SMARTS) is 1. The first kappa shape index (κ1) is 16.2. The standard InChI is InChI=1S/C12H19N3O2.CH2O2/c1-10-13-4-5-15(10)8-12(16)14(2)7-11-3-6-17-9-11;2-1-3/h4-5,11H,3,6-9H2,1-2H3;1H,(H,2,3). The van der Waals surface area contributed by atoms with Crippen molar-refractivity contribution in [2.45, 2.75) is 19.9 Å². The first-order chi connectivity index (χ1) is 9.58. The lowest BCUT2D eigenvalue weighted by atomic mass is 10.1. The molecule has 0 aliphatic carbocycles. The fraction of sp³-hybridized carbons (Fsp3) is 0.615. The number of carbonyl (C=O) groups is 2. The van der Waals surface area contributed by atoms with Gasteiger partial charge in [0, 0.05) is 38.5 Å². The Bertz CT molecular complexity index is 427. The van der Waals surface area contributed by atoms with Gasteiger partial charge in [-0.3, -0.25) is 9.59 Å². The van der Waals surface area contributed by atoms with Crippen molar-refractivity contribution in [2.24, 2.45) is 5.92 Å². The van der Waals surface area contributed by atoms with E-state index >= 15 is 0 Å². The van der Waals surface area contributed by atoms with Crippen LogP contribution in [-0.4, -0.2) is 58.7 Å². The predicted octanol–water partition coefficient (Wildman–Crippen LogP) is 0.387. The second kappa shape index (κ2) is 8.31. The third-order valence-electron chi connectivity index (χ3n) is 3.21. The van der Waals surface area contributed by atoms with Gasteiger partial charge < -0.3 is 19.3 Å². The minimum atomic E-state index is -0.250. The minimum absolute atomic E-state index is 0.123. The molecule has 2 heterocycles. The summed E-state index contributed by atoms with van der Waals surface area (Å²) in [5.41, 5.74) is 0. The van der Waals surface area contributed by atoms with Crippen LogP contribution in [0.25, 0.3) is 0 Å². The zero-order chi connectivity index (χ0) is 15.0. The molecule has 20 heavy (non-hydrogen) atoms. The van der Waals surface area contributed by atoms with E-state index in [1.807, 2.05) is 24.7 Å². The van der Waals surface area contributed by atoms with Gasteiger partial charge in [0.1, 0.15) is 12.4 Å². The maximum Gasteiger partial charge on any atom is 0.290 e. The maximum atomic E-state index is 12.0. The molecule has 1 amide bonds. The summed E-state index contributed by atoms with van der Waals surface area (Å²) in [6.07, 6.45) is 4.61. The lowest BCUT2D eigenvalue weighted by Crippen LogP contribution is -2.34. The number of aryl methyl sites for hydroxylation is 1. The lowest BCUT2D eigenvalue weighted by Gasteiger charge is -2.20. The summed E-state index contributed by atoms with van der Waals surface area (Å²) in [6, 6.07) is 0. The van der Waals surface area contributed by atoms with Crippen LogP contribution in [0.5, 0.6) is 0 Å². The Balaban J connectivity index is 0.000000612. The number of carbonyl (C=O) groups excluding carboxylic acids is 1. The largest absolute Gasteiger partial charge is 0.483 e. The molecule has 1 aliphatic rings. The summed E-state index contributed by atoms with van der Waals surface area (Å²) in [5, 5.41) is 6.89. The Kier molecular flexibility index (Phi) is 6.72. The van der Waals surface area contributed by atoms with E-state index in [1.54, 1.807) is 11.1 Å². The fourth-order valence-electron chi connectivity index (χ4n) is 2.05. The van der Waals surface area contributed by atoms with E-state index in [4.69, 9.17) is 14.6 Å². The molecule has 0 aromatic carbocycles. The molecule has 1 aliphatic heterocycles. The van der Waals surface area contributed by atoms with Gasteiger partial charge in [0.2, 0.25) is 5.91 Å². The van der Waals surface area contributed by atoms with Gasteiger partial charge in [-0.25, -0.2) is 4.98 Å². The second-order valence-electron chi connectivity index (χ2n) is 4.71. The highest BCUT2D eigenvalue weighted by atomic mass is 16.5. The molecule has 0 spiro atoms. The second-order valence-corrected chi connectivity index (χ2v) is 4.71. The summed E-state index contributed by atoms with van der Waals surface area (Å²) >= 11 is 0. The van der Waals surface area contributed by atoms with E-state index in [0.717, 1.165) is 32.0 Å². The van der Waals surface area contributed by atoms with Crippen LogP contribution in [0, 0.1) is 12.8 Å². The van der Waals surface area contributed by atoms with Gasteiger partial charge in [-0.05, 0) is 13.3 Å².